The van der Waals surface area contributed by atoms with Crippen LogP contribution in [0.2, 0.25) is 0 Å². The molecule has 3 N–H and O–H groups in total. The lowest BCUT2D eigenvalue weighted by Crippen LogP contribution is -2.30. The van der Waals surface area contributed by atoms with Gasteiger partial charge in [0, 0.05) is 23.0 Å². The minimum Gasteiger partial charge on any atom is -0.398 e. The van der Waals surface area contributed by atoms with Gasteiger partial charge in [0.25, 0.3) is 0 Å². The van der Waals surface area contributed by atoms with Gasteiger partial charge in [-0.25, -0.2) is 8.78 Å². The predicted octanol–water partition coefficient (Wildman–Crippen LogP) is 2.71. The van der Waals surface area contributed by atoms with Crippen molar-refractivity contribution < 1.29 is 13.9 Å². The zero-order chi connectivity index (χ0) is 15.8. The molecule has 0 aliphatic rings. The second-order valence-electron chi connectivity index (χ2n) is 5.48. The Morgan fingerprint density at radius 3 is 2.67 bits per heavy atom. The number of aliphatic hydroxyl groups excluding tert-OH is 1. The van der Waals surface area contributed by atoms with Gasteiger partial charge in [-0.15, -0.1) is 0 Å². The second-order valence-corrected chi connectivity index (χ2v) is 5.48. The summed E-state index contributed by atoms with van der Waals surface area (Å²) in [5.74, 6) is -1.45. The van der Waals surface area contributed by atoms with Crippen molar-refractivity contribution in [2.24, 2.45) is 0 Å². The molecule has 0 aliphatic carbocycles. The van der Waals surface area contributed by atoms with Crippen LogP contribution < -0.4 is 5.73 Å². The lowest BCUT2D eigenvalue weighted by atomic mass is 10.0. The van der Waals surface area contributed by atoms with Gasteiger partial charge in [0.15, 0.2) is 0 Å². The third-order valence-electron chi connectivity index (χ3n) is 3.46. The van der Waals surface area contributed by atoms with Crippen molar-refractivity contribution in [3.05, 3.63) is 42.1 Å². The largest absolute Gasteiger partial charge is 0.398 e. The fourth-order valence-electron chi connectivity index (χ4n) is 2.07. The molecule has 1 radical (unpaired) electrons. The molecule has 0 unspecified atom stereocenters. The molecule has 0 bridgehead atoms. The average molecular weight is 294 g/mol. The van der Waals surface area contributed by atoms with Crippen molar-refractivity contribution in [1.82, 2.24) is 9.78 Å². The third-order valence-corrected chi connectivity index (χ3v) is 3.46. The van der Waals surface area contributed by atoms with E-state index in [-0.39, 0.29) is 23.4 Å². The smallest absolute Gasteiger partial charge is 0.139 e. The SMILES string of the molecule is C[CH]c1c(N)cc(F)c(-c2cnn(C(C)(C)CO)c2)c1F. The average Bonchev–Trinajstić information content (AvgIpc) is 2.89. The molecule has 2 aromatic rings. The summed E-state index contributed by atoms with van der Waals surface area (Å²) < 4.78 is 30.0. The van der Waals surface area contributed by atoms with Gasteiger partial charge in [0.2, 0.25) is 0 Å². The lowest BCUT2D eigenvalue weighted by Gasteiger charge is -2.22. The molecule has 21 heavy (non-hydrogen) atoms. The molecular formula is C15H18F2N3O. The zero-order valence-electron chi connectivity index (χ0n) is 12.2. The van der Waals surface area contributed by atoms with Crippen LogP contribution in [0.15, 0.2) is 18.5 Å². The van der Waals surface area contributed by atoms with Crippen molar-refractivity contribution in [3.63, 3.8) is 0 Å². The van der Waals surface area contributed by atoms with Crippen molar-refractivity contribution in [1.29, 1.82) is 0 Å². The summed E-state index contributed by atoms with van der Waals surface area (Å²) in [5.41, 5.74) is 5.31. The van der Waals surface area contributed by atoms with E-state index >= 15 is 0 Å². The highest BCUT2D eigenvalue weighted by atomic mass is 19.1. The monoisotopic (exact) mass is 294 g/mol. The summed E-state index contributed by atoms with van der Waals surface area (Å²) in [6.45, 7) is 5.03. The molecule has 0 spiro atoms. The Labute approximate surface area is 122 Å². The van der Waals surface area contributed by atoms with Crippen LogP contribution in [0, 0.1) is 18.1 Å². The number of halogens is 2. The molecular weight excluding hydrogens is 276 g/mol. The van der Waals surface area contributed by atoms with Crippen LogP contribution in [-0.2, 0) is 5.54 Å². The first-order valence-electron chi connectivity index (χ1n) is 6.55. The quantitative estimate of drug-likeness (QED) is 0.852. The van der Waals surface area contributed by atoms with Gasteiger partial charge < -0.3 is 10.8 Å². The Balaban J connectivity index is 2.58. The van der Waals surface area contributed by atoms with Crippen LogP contribution in [0.1, 0.15) is 26.3 Å². The van der Waals surface area contributed by atoms with Gasteiger partial charge in [0.1, 0.15) is 11.6 Å². The standard InChI is InChI=1S/C15H18F2N3O/c1-4-10-12(18)5-11(16)13(14(10)17)9-6-19-20(7-9)15(2,3)8-21/h4-7,21H,8,18H2,1-3H3. The zero-order valence-corrected chi connectivity index (χ0v) is 12.2. The molecule has 2 rings (SSSR count). The number of hydrogen-bond donors (Lipinski definition) is 2. The number of nitrogens with zero attached hydrogens (tertiary/aromatic N) is 2. The van der Waals surface area contributed by atoms with Crippen LogP contribution >= 0.6 is 0 Å². The highest BCUT2D eigenvalue weighted by Crippen LogP contribution is 2.32. The Bertz CT molecular complexity index is 665. The van der Waals surface area contributed by atoms with E-state index in [0.29, 0.717) is 5.56 Å². The lowest BCUT2D eigenvalue weighted by molar-refractivity contribution is 0.152. The molecule has 0 fully saturated rings. The van der Waals surface area contributed by atoms with Crippen molar-refractivity contribution in [2.75, 3.05) is 12.3 Å². The van der Waals surface area contributed by atoms with Crippen molar-refractivity contribution >= 4 is 5.69 Å². The number of nitrogens with two attached hydrogens (primary N) is 1. The van der Waals surface area contributed by atoms with Gasteiger partial charge >= 0.3 is 0 Å². The highest BCUT2D eigenvalue weighted by Gasteiger charge is 2.23. The molecule has 0 atom stereocenters. The van der Waals surface area contributed by atoms with E-state index < -0.39 is 17.2 Å². The normalized spacial score (nSPS) is 11.9. The first-order valence-corrected chi connectivity index (χ1v) is 6.55. The minimum absolute atomic E-state index is 0.0549. The molecule has 0 saturated heterocycles. The molecule has 6 heteroatoms. The van der Waals surface area contributed by atoms with E-state index in [2.05, 4.69) is 5.10 Å². The third kappa shape index (κ3) is 2.63. The summed E-state index contributed by atoms with van der Waals surface area (Å²) in [6.07, 6.45) is 4.37. The van der Waals surface area contributed by atoms with Gasteiger partial charge in [-0.1, -0.05) is 6.92 Å². The summed E-state index contributed by atoms with van der Waals surface area (Å²) in [6, 6.07) is 1.10. The molecule has 113 valence electrons. The highest BCUT2D eigenvalue weighted by molar-refractivity contribution is 5.69. The molecule has 0 amide bonds. The van der Waals surface area contributed by atoms with Gasteiger partial charge in [-0.3, -0.25) is 4.68 Å². The first kappa shape index (κ1) is 15.4. The number of rotatable bonds is 4. The van der Waals surface area contributed by atoms with E-state index in [1.54, 1.807) is 20.8 Å². The number of hydrogen-bond acceptors (Lipinski definition) is 3. The predicted molar refractivity (Wildman–Crippen MR) is 77.5 cm³/mol. The van der Waals surface area contributed by atoms with E-state index in [4.69, 9.17) is 5.73 Å². The van der Waals surface area contributed by atoms with Crippen LogP contribution in [0.3, 0.4) is 0 Å². The number of nitrogen functional groups attached to an aromatic ring is 1. The number of benzene rings is 1. The van der Waals surface area contributed by atoms with Crippen LogP contribution in [-0.4, -0.2) is 21.5 Å². The minimum atomic E-state index is -0.739. The van der Waals surface area contributed by atoms with Crippen LogP contribution in [0.5, 0.6) is 0 Å². The van der Waals surface area contributed by atoms with E-state index in [9.17, 15) is 13.9 Å². The second kappa shape index (κ2) is 5.44. The van der Waals surface area contributed by atoms with E-state index in [0.717, 1.165) is 6.07 Å². The van der Waals surface area contributed by atoms with Crippen LogP contribution in [0.25, 0.3) is 11.1 Å². The van der Waals surface area contributed by atoms with Gasteiger partial charge in [0.05, 0.1) is 23.9 Å². The summed E-state index contributed by atoms with van der Waals surface area (Å²) >= 11 is 0. The molecule has 1 aromatic carbocycles. The summed E-state index contributed by atoms with van der Waals surface area (Å²) in [5, 5.41) is 13.4. The van der Waals surface area contributed by atoms with Crippen LogP contribution in [0.4, 0.5) is 14.5 Å². The maximum absolute atomic E-state index is 14.4. The van der Waals surface area contributed by atoms with Gasteiger partial charge in [-0.05, 0) is 26.3 Å². The summed E-state index contributed by atoms with van der Waals surface area (Å²) in [7, 11) is 0. The van der Waals surface area contributed by atoms with E-state index in [1.165, 1.54) is 23.5 Å². The molecule has 4 nitrogen and oxygen atoms in total. The topological polar surface area (TPSA) is 64.1 Å². The fourth-order valence-corrected chi connectivity index (χ4v) is 2.07. The Morgan fingerprint density at radius 1 is 1.43 bits per heavy atom. The molecule has 1 heterocycles. The van der Waals surface area contributed by atoms with E-state index in [1.807, 2.05) is 0 Å². The molecule has 1 aromatic heterocycles. The number of aliphatic hydroxyl groups is 1. The summed E-state index contributed by atoms with van der Waals surface area (Å²) in [4.78, 5) is 0. The number of aromatic nitrogens is 2. The maximum atomic E-state index is 14.4. The first-order chi connectivity index (χ1) is 9.81. The Morgan fingerprint density at radius 2 is 2.10 bits per heavy atom. The van der Waals surface area contributed by atoms with Gasteiger partial charge in [-0.2, -0.15) is 5.10 Å². The maximum Gasteiger partial charge on any atom is 0.139 e. The fraction of sp³-hybridized carbons (Fsp3) is 0.333. The number of anilines is 1. The molecule has 0 aliphatic heterocycles. The molecule has 0 saturated carbocycles. The Kier molecular flexibility index (Phi) is 4.00. The Hall–Kier alpha value is -1.95. The van der Waals surface area contributed by atoms with Crippen molar-refractivity contribution in [3.8, 4) is 11.1 Å². The van der Waals surface area contributed by atoms with Crippen molar-refractivity contribution in [2.45, 2.75) is 26.3 Å².